The normalized spacial score (nSPS) is 10.5. The van der Waals surface area contributed by atoms with Crippen molar-refractivity contribution in [2.75, 3.05) is 14.2 Å². The summed E-state index contributed by atoms with van der Waals surface area (Å²) >= 11 is 0. The summed E-state index contributed by atoms with van der Waals surface area (Å²) in [5.74, 6) is 0.656. The van der Waals surface area contributed by atoms with Crippen LogP contribution in [0.5, 0.6) is 5.75 Å². The van der Waals surface area contributed by atoms with E-state index >= 15 is 0 Å². The largest absolute Gasteiger partial charge is 0.497 e. The molecule has 1 aromatic carbocycles. The summed E-state index contributed by atoms with van der Waals surface area (Å²) in [5.41, 5.74) is 1.14. The van der Waals surface area contributed by atoms with Gasteiger partial charge in [0.25, 0.3) is 0 Å². The predicted octanol–water partition coefficient (Wildman–Crippen LogP) is -0.612. The summed E-state index contributed by atoms with van der Waals surface area (Å²) in [6.45, 7) is 0. The second-order valence-corrected chi connectivity index (χ2v) is 3.35. The van der Waals surface area contributed by atoms with Crippen molar-refractivity contribution in [2.45, 2.75) is 0 Å². The first-order chi connectivity index (χ1) is 7.67. The molecule has 0 aliphatic rings. The number of benzene rings is 1. The quantitative estimate of drug-likeness (QED) is 0.678. The highest BCUT2D eigenvalue weighted by atomic mass is 16.6. The molecule has 0 aliphatic carbocycles. The summed E-state index contributed by atoms with van der Waals surface area (Å²) in [7, 11) is 1.53. The van der Waals surface area contributed by atoms with Crippen LogP contribution >= 0.6 is 0 Å². The van der Waals surface area contributed by atoms with Gasteiger partial charge in [-0.15, -0.1) is 0 Å². The van der Waals surface area contributed by atoms with E-state index in [1.165, 1.54) is 18.0 Å². The molecular weight excluding hydrogens is 209 g/mol. The molecule has 16 heavy (non-hydrogen) atoms. The van der Waals surface area contributed by atoms with E-state index in [4.69, 9.17) is 9.57 Å². The molecule has 0 amide bonds. The van der Waals surface area contributed by atoms with Gasteiger partial charge in [0.1, 0.15) is 12.9 Å². The number of nitrogens with zero attached hydrogens (tertiary/aromatic N) is 1. The Bertz CT molecular complexity index is 509. The zero-order chi connectivity index (χ0) is 11.7. The Morgan fingerprint density at radius 3 is 2.56 bits per heavy atom. The molecule has 0 radical (unpaired) electrons. The van der Waals surface area contributed by atoms with Gasteiger partial charge >= 0.3 is 7.12 Å². The second-order valence-electron chi connectivity index (χ2n) is 3.35. The average molecular weight is 221 g/mol. The van der Waals surface area contributed by atoms with Crippen LogP contribution < -0.4 is 15.0 Å². The topological polar surface area (TPSA) is 63.8 Å². The van der Waals surface area contributed by atoms with Crippen molar-refractivity contribution in [1.82, 2.24) is 4.73 Å². The minimum atomic E-state index is -1.54. The molecule has 0 fully saturated rings. The predicted molar refractivity (Wildman–Crippen MR) is 60.8 cm³/mol. The first-order valence-electron chi connectivity index (χ1n) is 4.77. The van der Waals surface area contributed by atoms with Crippen molar-refractivity contribution in [3.63, 3.8) is 0 Å². The van der Waals surface area contributed by atoms with E-state index in [1.54, 1.807) is 25.3 Å². The van der Waals surface area contributed by atoms with Crippen LogP contribution in [0.1, 0.15) is 0 Å². The summed E-state index contributed by atoms with van der Waals surface area (Å²) in [6.07, 6.45) is 1.54. The monoisotopic (exact) mass is 221 g/mol. The lowest BCUT2D eigenvalue weighted by atomic mass is 9.80. The molecule has 2 N–H and O–H groups in total. The van der Waals surface area contributed by atoms with Gasteiger partial charge in [-0.3, -0.25) is 0 Å². The highest BCUT2D eigenvalue weighted by Crippen LogP contribution is 2.20. The molecule has 5 nitrogen and oxygen atoms in total. The third kappa shape index (κ3) is 1.62. The summed E-state index contributed by atoms with van der Waals surface area (Å²) < 4.78 is 6.56. The highest BCUT2D eigenvalue weighted by molar-refractivity contribution is 6.62. The van der Waals surface area contributed by atoms with E-state index in [1.807, 2.05) is 0 Å². The van der Waals surface area contributed by atoms with E-state index in [0.29, 0.717) is 16.6 Å². The van der Waals surface area contributed by atoms with E-state index < -0.39 is 7.12 Å². The van der Waals surface area contributed by atoms with Crippen molar-refractivity contribution in [3.8, 4) is 5.75 Å². The third-order valence-corrected chi connectivity index (χ3v) is 2.48. The van der Waals surface area contributed by atoms with Crippen LogP contribution in [0.2, 0.25) is 0 Å². The van der Waals surface area contributed by atoms with Gasteiger partial charge < -0.3 is 19.6 Å². The average Bonchev–Trinajstić information content (AvgIpc) is 2.66. The molecule has 0 unspecified atom stereocenters. The van der Waals surface area contributed by atoms with Crippen LogP contribution in [0.3, 0.4) is 0 Å². The van der Waals surface area contributed by atoms with Gasteiger partial charge in [-0.1, -0.05) is 0 Å². The fourth-order valence-corrected chi connectivity index (χ4v) is 1.69. The van der Waals surface area contributed by atoms with E-state index in [0.717, 1.165) is 5.52 Å². The molecule has 1 heterocycles. The van der Waals surface area contributed by atoms with Crippen molar-refractivity contribution in [2.24, 2.45) is 0 Å². The van der Waals surface area contributed by atoms with Crippen LogP contribution in [-0.4, -0.2) is 36.1 Å². The first kappa shape index (κ1) is 10.8. The van der Waals surface area contributed by atoms with Crippen molar-refractivity contribution >= 4 is 23.5 Å². The van der Waals surface area contributed by atoms with Gasteiger partial charge in [0.15, 0.2) is 0 Å². The summed E-state index contributed by atoms with van der Waals surface area (Å²) in [5, 5.41) is 19.2. The molecule has 0 bridgehead atoms. The Hall–Kier alpha value is -1.66. The van der Waals surface area contributed by atoms with Crippen LogP contribution in [-0.2, 0) is 0 Å². The molecule has 0 spiro atoms. The van der Waals surface area contributed by atoms with Crippen molar-refractivity contribution < 1.29 is 19.6 Å². The smallest absolute Gasteiger partial charge is 0.490 e. The van der Waals surface area contributed by atoms with Crippen LogP contribution in [0.15, 0.2) is 24.4 Å². The standard InChI is InChI=1S/C10H12BNO4/c1-15-7-3-4-10-8(5-7)9(11(13)14)6-12(10)16-2/h3-6,13-14H,1-2H3. The van der Waals surface area contributed by atoms with E-state index in [2.05, 4.69) is 0 Å². The Balaban J connectivity index is 2.70. The molecule has 0 atom stereocenters. The van der Waals surface area contributed by atoms with Gasteiger partial charge in [-0.25, -0.2) is 0 Å². The van der Waals surface area contributed by atoms with Crippen LogP contribution in [0, 0.1) is 0 Å². The van der Waals surface area contributed by atoms with Gasteiger partial charge in [-0.2, -0.15) is 4.73 Å². The SMILES string of the molecule is COc1ccc2c(c1)c(B(O)O)cn2OC. The Kier molecular flexibility index (Phi) is 2.76. The van der Waals surface area contributed by atoms with Gasteiger partial charge in [-0.05, 0) is 18.2 Å². The number of rotatable bonds is 3. The fraction of sp³-hybridized carbons (Fsp3) is 0.200. The molecule has 2 rings (SSSR count). The Morgan fingerprint density at radius 2 is 2.00 bits per heavy atom. The molecule has 0 saturated heterocycles. The number of ether oxygens (including phenoxy) is 1. The molecule has 0 aliphatic heterocycles. The first-order valence-corrected chi connectivity index (χ1v) is 4.77. The molecule has 0 saturated carbocycles. The van der Waals surface area contributed by atoms with Crippen LogP contribution in [0.4, 0.5) is 0 Å². The Morgan fingerprint density at radius 1 is 1.25 bits per heavy atom. The van der Waals surface area contributed by atoms with E-state index in [9.17, 15) is 10.0 Å². The number of hydrogen-bond acceptors (Lipinski definition) is 4. The van der Waals surface area contributed by atoms with Crippen LogP contribution in [0.25, 0.3) is 10.9 Å². The van der Waals surface area contributed by atoms with Gasteiger partial charge in [0, 0.05) is 17.0 Å². The van der Waals surface area contributed by atoms with E-state index in [-0.39, 0.29) is 0 Å². The number of hydrogen-bond donors (Lipinski definition) is 2. The number of methoxy groups -OCH3 is 1. The fourth-order valence-electron chi connectivity index (χ4n) is 1.69. The van der Waals surface area contributed by atoms with Crippen molar-refractivity contribution in [1.29, 1.82) is 0 Å². The highest BCUT2D eigenvalue weighted by Gasteiger charge is 2.19. The zero-order valence-electron chi connectivity index (χ0n) is 9.04. The third-order valence-electron chi connectivity index (χ3n) is 2.48. The van der Waals surface area contributed by atoms with Gasteiger partial charge in [0.2, 0.25) is 0 Å². The summed E-state index contributed by atoms with van der Waals surface area (Å²) in [4.78, 5) is 5.09. The number of fused-ring (bicyclic) bond motifs is 1. The van der Waals surface area contributed by atoms with Crippen molar-refractivity contribution in [3.05, 3.63) is 24.4 Å². The minimum absolute atomic E-state index is 0.385. The van der Waals surface area contributed by atoms with Gasteiger partial charge in [0.05, 0.1) is 12.6 Å². The minimum Gasteiger partial charge on any atom is -0.497 e. The lowest BCUT2D eigenvalue weighted by molar-refractivity contribution is 0.179. The maximum Gasteiger partial charge on any atom is 0.490 e. The molecule has 2 aromatic rings. The summed E-state index contributed by atoms with van der Waals surface area (Å²) in [6, 6.07) is 5.31. The lowest BCUT2D eigenvalue weighted by Gasteiger charge is -2.03. The Labute approximate surface area is 92.9 Å². The maximum absolute atomic E-state index is 9.24. The zero-order valence-corrected chi connectivity index (χ0v) is 9.04. The molecular formula is C10H12BNO4. The number of aromatic nitrogens is 1. The maximum atomic E-state index is 9.24. The molecule has 6 heteroatoms. The molecule has 84 valence electrons. The molecule has 1 aromatic heterocycles. The second kappa shape index (κ2) is 4.07. The lowest BCUT2D eigenvalue weighted by Crippen LogP contribution is -2.29.